The van der Waals surface area contributed by atoms with E-state index in [1.807, 2.05) is 6.92 Å². The third-order valence-corrected chi connectivity index (χ3v) is 4.72. The molecule has 1 saturated heterocycles. The summed E-state index contributed by atoms with van der Waals surface area (Å²) in [4.78, 5) is 3.92. The van der Waals surface area contributed by atoms with Gasteiger partial charge in [-0.3, -0.25) is 5.84 Å². The van der Waals surface area contributed by atoms with Crippen molar-refractivity contribution in [3.8, 4) is 0 Å². The van der Waals surface area contributed by atoms with Crippen LogP contribution in [-0.2, 0) is 10.0 Å². The van der Waals surface area contributed by atoms with Crippen LogP contribution in [0.25, 0.3) is 0 Å². The molecule has 0 radical (unpaired) electrons. The molecule has 0 aromatic carbocycles. The minimum atomic E-state index is -3.53. The smallest absolute Gasteiger partial charge is 0.262 e. The predicted molar refractivity (Wildman–Crippen MR) is 64.6 cm³/mol. The molecule has 2 heterocycles. The fourth-order valence-electron chi connectivity index (χ4n) is 1.94. The summed E-state index contributed by atoms with van der Waals surface area (Å²) in [5, 5.41) is -0.00315. The van der Waals surface area contributed by atoms with Crippen molar-refractivity contribution < 1.29 is 8.42 Å². The van der Waals surface area contributed by atoms with Crippen LogP contribution in [0.15, 0.2) is 23.4 Å². The van der Waals surface area contributed by atoms with Crippen molar-refractivity contribution in [3.63, 3.8) is 0 Å². The number of pyridine rings is 1. The second-order valence-corrected chi connectivity index (χ2v) is 6.11. The first-order chi connectivity index (χ1) is 8.05. The molecule has 1 atom stereocenters. The molecule has 1 aliphatic rings. The first-order valence-corrected chi connectivity index (χ1v) is 6.91. The van der Waals surface area contributed by atoms with Crippen molar-refractivity contribution >= 4 is 15.7 Å². The van der Waals surface area contributed by atoms with E-state index in [1.54, 1.807) is 12.1 Å². The summed E-state index contributed by atoms with van der Waals surface area (Å²) in [7, 11) is -3.53. The molecule has 1 aromatic heterocycles. The lowest BCUT2D eigenvalue weighted by molar-refractivity contribution is 0.462. The van der Waals surface area contributed by atoms with E-state index in [9.17, 15) is 8.42 Å². The third-order valence-electron chi connectivity index (χ3n) is 2.90. The monoisotopic (exact) mass is 256 g/mol. The van der Waals surface area contributed by atoms with E-state index in [2.05, 4.69) is 10.4 Å². The predicted octanol–water partition coefficient (Wildman–Crippen LogP) is 0.398. The van der Waals surface area contributed by atoms with Crippen molar-refractivity contribution in [2.75, 3.05) is 18.5 Å². The van der Waals surface area contributed by atoms with Gasteiger partial charge in [-0.05, 0) is 24.5 Å². The average molecular weight is 256 g/mol. The Labute approximate surface area is 101 Å². The van der Waals surface area contributed by atoms with Gasteiger partial charge in [-0.1, -0.05) is 6.92 Å². The molecular formula is C10H16N4O2S. The van der Waals surface area contributed by atoms with Crippen LogP contribution in [0.5, 0.6) is 0 Å². The number of rotatable bonds is 3. The van der Waals surface area contributed by atoms with E-state index in [-0.39, 0.29) is 5.03 Å². The standard InChI is InChI=1S/C10H16N4O2S/c1-8-4-6-14(7-8)17(15,16)10-9(13-11)3-2-5-12-10/h2-3,5,8,13H,4,6-7,11H2,1H3. The molecule has 6 nitrogen and oxygen atoms in total. The van der Waals surface area contributed by atoms with Gasteiger partial charge >= 0.3 is 0 Å². The third kappa shape index (κ3) is 2.26. The number of nitrogens with one attached hydrogen (secondary N) is 1. The summed E-state index contributed by atoms with van der Waals surface area (Å²) in [6.07, 6.45) is 2.34. The topological polar surface area (TPSA) is 88.3 Å². The average Bonchev–Trinajstić information content (AvgIpc) is 2.76. The van der Waals surface area contributed by atoms with Gasteiger partial charge in [0, 0.05) is 19.3 Å². The fourth-order valence-corrected chi connectivity index (χ4v) is 3.58. The van der Waals surface area contributed by atoms with Crippen LogP contribution in [0, 0.1) is 5.92 Å². The minimum Gasteiger partial charge on any atom is -0.321 e. The molecule has 1 aromatic rings. The van der Waals surface area contributed by atoms with Crippen molar-refractivity contribution in [1.82, 2.24) is 9.29 Å². The Morgan fingerprint density at radius 2 is 2.35 bits per heavy atom. The number of nitrogens with two attached hydrogens (primary N) is 1. The van der Waals surface area contributed by atoms with Gasteiger partial charge in [-0.15, -0.1) is 0 Å². The van der Waals surface area contributed by atoms with E-state index < -0.39 is 10.0 Å². The minimum absolute atomic E-state index is 0.00315. The fraction of sp³-hybridized carbons (Fsp3) is 0.500. The zero-order valence-corrected chi connectivity index (χ0v) is 10.4. The first-order valence-electron chi connectivity index (χ1n) is 5.47. The molecule has 1 unspecified atom stereocenters. The quantitative estimate of drug-likeness (QED) is 0.603. The molecule has 17 heavy (non-hydrogen) atoms. The molecule has 0 spiro atoms. The Morgan fingerprint density at radius 3 is 2.94 bits per heavy atom. The number of anilines is 1. The van der Waals surface area contributed by atoms with Crippen LogP contribution in [0.3, 0.4) is 0 Å². The molecule has 0 aliphatic carbocycles. The summed E-state index contributed by atoms with van der Waals surface area (Å²) < 4.78 is 26.1. The Morgan fingerprint density at radius 1 is 1.59 bits per heavy atom. The van der Waals surface area contributed by atoms with Gasteiger partial charge in [0.05, 0.1) is 5.69 Å². The summed E-state index contributed by atoms with van der Waals surface area (Å²) in [6, 6.07) is 3.24. The van der Waals surface area contributed by atoms with Crippen molar-refractivity contribution in [1.29, 1.82) is 0 Å². The van der Waals surface area contributed by atoms with Crippen molar-refractivity contribution in [2.45, 2.75) is 18.4 Å². The number of hydrogen-bond donors (Lipinski definition) is 2. The van der Waals surface area contributed by atoms with E-state index in [0.29, 0.717) is 24.7 Å². The molecule has 1 aliphatic heterocycles. The lowest BCUT2D eigenvalue weighted by Crippen LogP contribution is -2.30. The molecule has 0 saturated carbocycles. The number of nitrogen functional groups attached to an aromatic ring is 1. The van der Waals surface area contributed by atoms with Crippen molar-refractivity contribution in [2.24, 2.45) is 11.8 Å². The SMILES string of the molecule is CC1CCN(S(=O)(=O)c2ncccc2NN)C1. The lowest BCUT2D eigenvalue weighted by Gasteiger charge is -2.17. The lowest BCUT2D eigenvalue weighted by atomic mass is 10.2. The maximum atomic E-state index is 12.3. The maximum absolute atomic E-state index is 12.3. The molecular weight excluding hydrogens is 240 g/mol. The van der Waals surface area contributed by atoms with Crippen LogP contribution < -0.4 is 11.3 Å². The number of hydrogen-bond acceptors (Lipinski definition) is 5. The van der Waals surface area contributed by atoms with E-state index in [1.165, 1.54) is 10.5 Å². The summed E-state index contributed by atoms with van der Waals surface area (Å²) in [5.41, 5.74) is 2.69. The second-order valence-electron chi connectivity index (χ2n) is 4.26. The molecule has 3 N–H and O–H groups in total. The highest BCUT2D eigenvalue weighted by molar-refractivity contribution is 7.89. The number of nitrogens with zero attached hydrogens (tertiary/aromatic N) is 2. The normalized spacial score (nSPS) is 21.6. The van der Waals surface area contributed by atoms with Gasteiger partial charge < -0.3 is 5.43 Å². The number of aromatic nitrogens is 1. The molecule has 1 fully saturated rings. The van der Waals surface area contributed by atoms with Crippen LogP contribution in [0.1, 0.15) is 13.3 Å². The molecule has 7 heteroatoms. The highest BCUT2D eigenvalue weighted by Crippen LogP contribution is 2.26. The van der Waals surface area contributed by atoms with Crippen molar-refractivity contribution in [3.05, 3.63) is 18.3 Å². The second kappa shape index (κ2) is 4.59. The number of hydrazine groups is 1. The number of sulfonamides is 1. The Balaban J connectivity index is 2.38. The van der Waals surface area contributed by atoms with Gasteiger partial charge in [0.2, 0.25) is 0 Å². The summed E-state index contributed by atoms with van der Waals surface area (Å²) in [5.74, 6) is 5.69. The summed E-state index contributed by atoms with van der Waals surface area (Å²) in [6.45, 7) is 3.13. The van der Waals surface area contributed by atoms with Gasteiger partial charge in [-0.25, -0.2) is 13.4 Å². The molecule has 0 amide bonds. The molecule has 0 bridgehead atoms. The van der Waals surface area contributed by atoms with E-state index in [4.69, 9.17) is 5.84 Å². The van der Waals surface area contributed by atoms with E-state index in [0.717, 1.165) is 6.42 Å². The van der Waals surface area contributed by atoms with Gasteiger partial charge in [0.15, 0.2) is 5.03 Å². The highest BCUT2D eigenvalue weighted by atomic mass is 32.2. The van der Waals surface area contributed by atoms with Gasteiger partial charge in [0.25, 0.3) is 10.0 Å². The zero-order chi connectivity index (χ0) is 12.5. The van der Waals surface area contributed by atoms with E-state index >= 15 is 0 Å². The molecule has 2 rings (SSSR count). The Hall–Kier alpha value is -1.18. The summed E-state index contributed by atoms with van der Waals surface area (Å²) >= 11 is 0. The van der Waals surface area contributed by atoms with Gasteiger partial charge in [0.1, 0.15) is 0 Å². The maximum Gasteiger partial charge on any atom is 0.262 e. The Bertz CT molecular complexity index is 503. The van der Waals surface area contributed by atoms with Gasteiger partial charge in [-0.2, -0.15) is 4.31 Å². The van der Waals surface area contributed by atoms with Crippen LogP contribution in [-0.4, -0.2) is 30.8 Å². The van der Waals surface area contributed by atoms with Crippen LogP contribution in [0.4, 0.5) is 5.69 Å². The Kier molecular flexibility index (Phi) is 3.32. The van der Waals surface area contributed by atoms with Crippen LogP contribution >= 0.6 is 0 Å². The zero-order valence-electron chi connectivity index (χ0n) is 9.63. The highest BCUT2D eigenvalue weighted by Gasteiger charge is 2.33. The molecule has 94 valence electrons. The van der Waals surface area contributed by atoms with Crippen LogP contribution in [0.2, 0.25) is 0 Å². The largest absolute Gasteiger partial charge is 0.321 e. The first kappa shape index (κ1) is 12.3.